The molecule has 6 nitrogen and oxygen atoms in total. The summed E-state index contributed by atoms with van der Waals surface area (Å²) < 4.78 is 5.04. The molecule has 23 heavy (non-hydrogen) atoms. The standard InChI is InChI=1S/C17H19N3O3/c1-23-15-7-5-13(6-8-15)16(21)19-10-3-11-20-17(22)14-4-2-9-18-12-14/h2,4-9,12H,3,10-11H2,1H3,(H,19,21)(H,20,22). The fourth-order valence-electron chi connectivity index (χ4n) is 1.94. The van der Waals surface area contributed by atoms with Crippen LogP contribution < -0.4 is 15.4 Å². The van der Waals surface area contributed by atoms with Crippen LogP contribution in [0.15, 0.2) is 48.8 Å². The number of pyridine rings is 1. The molecule has 0 fully saturated rings. The Kier molecular flexibility index (Phi) is 6.11. The fourth-order valence-corrected chi connectivity index (χ4v) is 1.94. The SMILES string of the molecule is COc1ccc(C(=O)NCCCNC(=O)c2cccnc2)cc1. The first-order valence-electron chi connectivity index (χ1n) is 7.31. The second-order valence-electron chi connectivity index (χ2n) is 4.84. The van der Waals surface area contributed by atoms with Gasteiger partial charge in [0.25, 0.3) is 11.8 Å². The van der Waals surface area contributed by atoms with Gasteiger partial charge in [0, 0.05) is 31.0 Å². The van der Waals surface area contributed by atoms with Gasteiger partial charge < -0.3 is 15.4 Å². The summed E-state index contributed by atoms with van der Waals surface area (Å²) in [5.74, 6) is 0.394. The number of nitrogens with zero attached hydrogens (tertiary/aromatic N) is 1. The Hall–Kier alpha value is -2.89. The topological polar surface area (TPSA) is 80.3 Å². The predicted octanol–water partition coefficient (Wildman–Crippen LogP) is 1.64. The number of carbonyl (C=O) groups is 2. The number of nitrogens with one attached hydrogen (secondary N) is 2. The number of carbonyl (C=O) groups excluding carboxylic acids is 2. The van der Waals surface area contributed by atoms with Gasteiger partial charge in [-0.15, -0.1) is 0 Å². The van der Waals surface area contributed by atoms with E-state index in [-0.39, 0.29) is 11.8 Å². The van der Waals surface area contributed by atoms with E-state index in [9.17, 15) is 9.59 Å². The Morgan fingerprint density at radius 2 is 1.65 bits per heavy atom. The zero-order valence-electron chi connectivity index (χ0n) is 12.9. The molecule has 2 amide bonds. The van der Waals surface area contributed by atoms with Crippen LogP contribution in [0.25, 0.3) is 0 Å². The molecule has 0 aliphatic heterocycles. The third-order valence-corrected chi connectivity index (χ3v) is 3.20. The summed E-state index contributed by atoms with van der Waals surface area (Å²) in [5.41, 5.74) is 1.10. The van der Waals surface area contributed by atoms with Gasteiger partial charge in [-0.25, -0.2) is 0 Å². The van der Waals surface area contributed by atoms with Crippen molar-refractivity contribution in [3.8, 4) is 5.75 Å². The largest absolute Gasteiger partial charge is 0.497 e. The highest BCUT2D eigenvalue weighted by Gasteiger charge is 2.06. The molecule has 1 aromatic heterocycles. The van der Waals surface area contributed by atoms with Crippen LogP contribution in [0.1, 0.15) is 27.1 Å². The van der Waals surface area contributed by atoms with E-state index in [1.807, 2.05) is 0 Å². The molecule has 0 saturated carbocycles. The first kappa shape index (κ1) is 16.5. The maximum atomic E-state index is 11.9. The first-order chi connectivity index (χ1) is 11.2. The zero-order valence-corrected chi connectivity index (χ0v) is 12.9. The Labute approximate surface area is 134 Å². The van der Waals surface area contributed by atoms with Crippen molar-refractivity contribution < 1.29 is 14.3 Å². The normalized spacial score (nSPS) is 9.96. The molecule has 0 atom stereocenters. The van der Waals surface area contributed by atoms with E-state index in [1.54, 1.807) is 49.7 Å². The van der Waals surface area contributed by atoms with Gasteiger partial charge in [0.1, 0.15) is 5.75 Å². The molecule has 0 radical (unpaired) electrons. The molecule has 0 aliphatic carbocycles. The molecule has 0 spiro atoms. The summed E-state index contributed by atoms with van der Waals surface area (Å²) >= 11 is 0. The average Bonchev–Trinajstić information content (AvgIpc) is 2.62. The lowest BCUT2D eigenvalue weighted by Gasteiger charge is -2.07. The number of hydrogen-bond acceptors (Lipinski definition) is 4. The van der Waals surface area contributed by atoms with Gasteiger partial charge in [-0.3, -0.25) is 14.6 Å². The second-order valence-corrected chi connectivity index (χ2v) is 4.84. The van der Waals surface area contributed by atoms with Crippen molar-refractivity contribution in [3.63, 3.8) is 0 Å². The molecule has 1 aromatic carbocycles. The molecule has 2 N–H and O–H groups in total. The van der Waals surface area contributed by atoms with Crippen LogP contribution in [0.4, 0.5) is 0 Å². The highest BCUT2D eigenvalue weighted by atomic mass is 16.5. The number of benzene rings is 1. The Bertz CT molecular complexity index is 642. The van der Waals surface area contributed by atoms with Crippen molar-refractivity contribution in [3.05, 3.63) is 59.9 Å². The van der Waals surface area contributed by atoms with E-state index in [0.29, 0.717) is 36.4 Å². The van der Waals surface area contributed by atoms with Crippen molar-refractivity contribution in [2.45, 2.75) is 6.42 Å². The third-order valence-electron chi connectivity index (χ3n) is 3.20. The van der Waals surface area contributed by atoms with Gasteiger partial charge in [0.15, 0.2) is 0 Å². The van der Waals surface area contributed by atoms with Gasteiger partial charge in [0.05, 0.1) is 12.7 Å². The summed E-state index contributed by atoms with van der Waals surface area (Å²) in [4.78, 5) is 27.6. The first-order valence-corrected chi connectivity index (χ1v) is 7.31. The van der Waals surface area contributed by atoms with Crippen molar-refractivity contribution in [2.75, 3.05) is 20.2 Å². The van der Waals surface area contributed by atoms with E-state index < -0.39 is 0 Å². The zero-order chi connectivity index (χ0) is 16.5. The number of rotatable bonds is 7. The lowest BCUT2D eigenvalue weighted by Crippen LogP contribution is -2.29. The minimum absolute atomic E-state index is 0.147. The molecule has 1 heterocycles. The van der Waals surface area contributed by atoms with Crippen LogP contribution >= 0.6 is 0 Å². The van der Waals surface area contributed by atoms with Gasteiger partial charge >= 0.3 is 0 Å². The van der Waals surface area contributed by atoms with E-state index in [2.05, 4.69) is 15.6 Å². The maximum Gasteiger partial charge on any atom is 0.252 e. The lowest BCUT2D eigenvalue weighted by atomic mass is 10.2. The number of hydrogen-bond donors (Lipinski definition) is 2. The smallest absolute Gasteiger partial charge is 0.252 e. The summed E-state index contributed by atoms with van der Waals surface area (Å²) in [6, 6.07) is 10.3. The maximum absolute atomic E-state index is 11.9. The highest BCUT2D eigenvalue weighted by Crippen LogP contribution is 2.10. The highest BCUT2D eigenvalue weighted by molar-refractivity contribution is 5.94. The molecule has 0 bridgehead atoms. The average molecular weight is 313 g/mol. The van der Waals surface area contributed by atoms with Crippen molar-refractivity contribution in [1.29, 1.82) is 0 Å². The van der Waals surface area contributed by atoms with Gasteiger partial charge in [0.2, 0.25) is 0 Å². The van der Waals surface area contributed by atoms with E-state index in [1.165, 1.54) is 6.20 Å². The predicted molar refractivity (Wildman–Crippen MR) is 86.5 cm³/mol. The summed E-state index contributed by atoms with van der Waals surface area (Å²) in [6.07, 6.45) is 3.78. The molecule has 0 unspecified atom stereocenters. The molecule has 6 heteroatoms. The number of aromatic nitrogens is 1. The second kappa shape index (κ2) is 8.53. The minimum Gasteiger partial charge on any atom is -0.497 e. The quantitative estimate of drug-likeness (QED) is 0.762. The van der Waals surface area contributed by atoms with Crippen molar-refractivity contribution in [2.24, 2.45) is 0 Å². The molecule has 0 saturated heterocycles. The summed E-state index contributed by atoms with van der Waals surface area (Å²) in [5, 5.41) is 5.59. The van der Waals surface area contributed by atoms with Crippen LogP contribution in [0.5, 0.6) is 5.75 Å². The number of amides is 2. The van der Waals surface area contributed by atoms with Crippen LogP contribution in [0.3, 0.4) is 0 Å². The lowest BCUT2D eigenvalue weighted by molar-refractivity contribution is 0.0951. The number of methoxy groups -OCH3 is 1. The fraction of sp³-hybridized carbons (Fsp3) is 0.235. The van der Waals surface area contributed by atoms with Crippen molar-refractivity contribution in [1.82, 2.24) is 15.6 Å². The number of ether oxygens (including phenoxy) is 1. The molecule has 0 aliphatic rings. The van der Waals surface area contributed by atoms with Crippen LogP contribution in [0.2, 0.25) is 0 Å². The van der Waals surface area contributed by atoms with Gasteiger partial charge in [-0.2, -0.15) is 0 Å². The van der Waals surface area contributed by atoms with E-state index >= 15 is 0 Å². The van der Waals surface area contributed by atoms with Crippen LogP contribution in [0, 0.1) is 0 Å². The summed E-state index contributed by atoms with van der Waals surface area (Å²) in [7, 11) is 1.58. The van der Waals surface area contributed by atoms with E-state index in [0.717, 1.165) is 0 Å². The Morgan fingerprint density at radius 3 is 2.22 bits per heavy atom. The molecule has 120 valence electrons. The molecule has 2 aromatic rings. The minimum atomic E-state index is -0.167. The molecule has 2 rings (SSSR count). The van der Waals surface area contributed by atoms with Crippen molar-refractivity contribution >= 4 is 11.8 Å². The van der Waals surface area contributed by atoms with E-state index in [4.69, 9.17) is 4.74 Å². The molecular weight excluding hydrogens is 294 g/mol. The summed E-state index contributed by atoms with van der Waals surface area (Å²) in [6.45, 7) is 0.967. The molecular formula is C17H19N3O3. The van der Waals surface area contributed by atoms with Crippen LogP contribution in [-0.4, -0.2) is 37.0 Å². The monoisotopic (exact) mass is 313 g/mol. The van der Waals surface area contributed by atoms with Crippen LogP contribution in [-0.2, 0) is 0 Å². The Balaban J connectivity index is 1.67. The van der Waals surface area contributed by atoms with Gasteiger partial charge in [-0.1, -0.05) is 0 Å². The third kappa shape index (κ3) is 5.10. The van der Waals surface area contributed by atoms with Gasteiger partial charge in [-0.05, 0) is 42.8 Å². The Morgan fingerprint density at radius 1 is 1.00 bits per heavy atom.